The number of rotatable bonds is 5. The summed E-state index contributed by atoms with van der Waals surface area (Å²) in [5.74, 6) is 0. The minimum absolute atomic E-state index is 1.11. The van der Waals surface area contributed by atoms with E-state index in [1.807, 2.05) is 11.3 Å². The molecule has 11 aromatic carbocycles. The molecule has 2 aromatic heterocycles. The van der Waals surface area contributed by atoms with Gasteiger partial charge in [0.15, 0.2) is 0 Å². The molecule has 2 heterocycles. The highest BCUT2D eigenvalue weighted by molar-refractivity contribution is 7.26. The number of hydrogen-bond donors (Lipinski definition) is 0. The van der Waals surface area contributed by atoms with E-state index >= 15 is 0 Å². The summed E-state index contributed by atoms with van der Waals surface area (Å²) >= 11 is 1.87. The van der Waals surface area contributed by atoms with Crippen molar-refractivity contribution in [2.75, 3.05) is 4.90 Å². The third-order valence-corrected chi connectivity index (χ3v) is 13.8. The SMILES string of the molecule is c1ccc(-c2cc(N(c3ccc4sc5ccc6ccccc6c5c4c3)c3ccc4c(c3)c3ccc5ccccc5c3n4-c3cccc4ccccc34)cc3ccccc23)cc1. The third kappa shape index (κ3) is 5.28. The summed E-state index contributed by atoms with van der Waals surface area (Å²) in [6.07, 6.45) is 0. The van der Waals surface area contributed by atoms with E-state index in [1.54, 1.807) is 0 Å². The molecule has 0 bridgehead atoms. The van der Waals surface area contributed by atoms with Gasteiger partial charge in [-0.2, -0.15) is 0 Å². The molecular weight excluding hydrogens is 757 g/mol. The van der Waals surface area contributed by atoms with Crippen LogP contribution in [0, 0.1) is 0 Å². The van der Waals surface area contributed by atoms with Gasteiger partial charge in [0.1, 0.15) is 0 Å². The lowest BCUT2D eigenvalue weighted by atomic mass is 9.96. The maximum Gasteiger partial charge on any atom is 0.0619 e. The lowest BCUT2D eigenvalue weighted by molar-refractivity contribution is 1.20. The van der Waals surface area contributed by atoms with E-state index in [2.05, 4.69) is 228 Å². The fraction of sp³-hybridized carbons (Fsp3) is 0. The maximum absolute atomic E-state index is 2.50. The number of hydrogen-bond acceptors (Lipinski definition) is 2. The van der Waals surface area contributed by atoms with Crippen molar-refractivity contribution < 1.29 is 0 Å². The highest BCUT2D eigenvalue weighted by atomic mass is 32.1. The Kier molecular flexibility index (Phi) is 7.51. The van der Waals surface area contributed by atoms with E-state index in [9.17, 15) is 0 Å². The summed E-state index contributed by atoms with van der Waals surface area (Å²) in [7, 11) is 0. The molecule has 3 heteroatoms. The number of fused-ring (bicyclic) bond motifs is 12. The summed E-state index contributed by atoms with van der Waals surface area (Å²) in [6.45, 7) is 0. The summed E-state index contributed by atoms with van der Waals surface area (Å²) in [5, 5.41) is 15.0. The number of nitrogens with zero attached hydrogens (tertiary/aromatic N) is 2. The number of benzene rings is 11. The Morgan fingerprint density at radius 1 is 0.344 bits per heavy atom. The van der Waals surface area contributed by atoms with Gasteiger partial charge in [-0.05, 0) is 104 Å². The van der Waals surface area contributed by atoms with Gasteiger partial charge in [0.05, 0.1) is 16.7 Å². The van der Waals surface area contributed by atoms with Crippen LogP contribution in [0.5, 0.6) is 0 Å². The maximum atomic E-state index is 2.50. The molecule has 284 valence electrons. The van der Waals surface area contributed by atoms with E-state index in [0.717, 1.165) is 17.1 Å². The standard InChI is InChI=1S/C58H36N2S/c1-2-13-38(14-3-1)50-36-44(33-41-18-7-8-20-45(41)50)59(43-28-32-55-52(35-43)57-47-22-10-5-16-39(47)26-31-56(57)61-55)42-27-30-54-51(34-42)49-29-25-40-17-6-11-23-48(40)58(49)60(54)53-24-12-19-37-15-4-9-21-46(37)53/h1-36H. The Morgan fingerprint density at radius 2 is 0.951 bits per heavy atom. The van der Waals surface area contributed by atoms with Crippen LogP contribution >= 0.6 is 11.3 Å². The fourth-order valence-corrected chi connectivity index (χ4v) is 11.1. The van der Waals surface area contributed by atoms with Crippen LogP contribution in [0.1, 0.15) is 0 Å². The molecule has 0 unspecified atom stereocenters. The lowest BCUT2D eigenvalue weighted by Crippen LogP contribution is -2.10. The van der Waals surface area contributed by atoms with Crippen LogP contribution in [0.25, 0.3) is 102 Å². The van der Waals surface area contributed by atoms with Crippen LogP contribution in [0.2, 0.25) is 0 Å². The Labute approximate surface area is 356 Å². The van der Waals surface area contributed by atoms with Gasteiger partial charge in [0.2, 0.25) is 0 Å². The zero-order valence-electron chi connectivity index (χ0n) is 33.1. The Hall–Kier alpha value is -7.72. The van der Waals surface area contributed by atoms with Gasteiger partial charge in [0.25, 0.3) is 0 Å². The van der Waals surface area contributed by atoms with Crippen molar-refractivity contribution in [2.45, 2.75) is 0 Å². The lowest BCUT2D eigenvalue weighted by Gasteiger charge is -2.27. The van der Waals surface area contributed by atoms with Gasteiger partial charge in [-0.25, -0.2) is 0 Å². The number of thiophene rings is 1. The predicted molar refractivity (Wildman–Crippen MR) is 264 cm³/mol. The van der Waals surface area contributed by atoms with Gasteiger partial charge in [-0.15, -0.1) is 11.3 Å². The molecule has 0 aliphatic rings. The number of aromatic nitrogens is 1. The van der Waals surface area contributed by atoms with Gasteiger partial charge >= 0.3 is 0 Å². The van der Waals surface area contributed by atoms with Gasteiger partial charge < -0.3 is 9.47 Å². The van der Waals surface area contributed by atoms with E-state index in [0.29, 0.717) is 0 Å². The van der Waals surface area contributed by atoms with E-state index in [-0.39, 0.29) is 0 Å². The molecular formula is C58H36N2S. The molecule has 0 saturated carbocycles. The van der Waals surface area contributed by atoms with Gasteiger partial charge in [0, 0.05) is 58.8 Å². The van der Waals surface area contributed by atoms with Crippen LogP contribution in [0.15, 0.2) is 218 Å². The summed E-state index contributed by atoms with van der Waals surface area (Å²) < 4.78 is 5.10. The minimum Gasteiger partial charge on any atom is -0.310 e. The predicted octanol–water partition coefficient (Wildman–Crippen LogP) is 16.9. The van der Waals surface area contributed by atoms with Crippen LogP contribution in [-0.4, -0.2) is 4.57 Å². The second-order valence-electron chi connectivity index (χ2n) is 16.1. The van der Waals surface area contributed by atoms with Crippen molar-refractivity contribution in [3.63, 3.8) is 0 Å². The van der Waals surface area contributed by atoms with Crippen molar-refractivity contribution in [3.05, 3.63) is 218 Å². The Morgan fingerprint density at radius 3 is 1.77 bits per heavy atom. The molecule has 0 atom stereocenters. The summed E-state index contributed by atoms with van der Waals surface area (Å²) in [4.78, 5) is 2.48. The third-order valence-electron chi connectivity index (χ3n) is 12.7. The van der Waals surface area contributed by atoms with E-state index in [4.69, 9.17) is 0 Å². The minimum atomic E-state index is 1.11. The molecule has 0 N–H and O–H groups in total. The topological polar surface area (TPSA) is 8.17 Å². The highest BCUT2D eigenvalue weighted by Gasteiger charge is 2.22. The molecule has 0 aliphatic carbocycles. The fourth-order valence-electron chi connectivity index (χ4n) is 9.96. The van der Waals surface area contributed by atoms with Crippen LogP contribution in [0.3, 0.4) is 0 Å². The zero-order chi connectivity index (χ0) is 40.0. The van der Waals surface area contributed by atoms with Crippen molar-refractivity contribution in [3.8, 4) is 16.8 Å². The molecule has 13 aromatic rings. The quantitative estimate of drug-likeness (QED) is 0.169. The molecule has 0 fully saturated rings. The first-order valence-corrected chi connectivity index (χ1v) is 21.7. The van der Waals surface area contributed by atoms with Crippen molar-refractivity contribution in [1.29, 1.82) is 0 Å². The van der Waals surface area contributed by atoms with Crippen molar-refractivity contribution in [1.82, 2.24) is 4.57 Å². The summed E-state index contributed by atoms with van der Waals surface area (Å²) in [5.41, 5.74) is 9.35. The average Bonchev–Trinajstić information content (AvgIpc) is 3.87. The normalized spacial score (nSPS) is 11.9. The van der Waals surface area contributed by atoms with Crippen LogP contribution in [-0.2, 0) is 0 Å². The largest absolute Gasteiger partial charge is 0.310 e. The van der Waals surface area contributed by atoms with E-state index < -0.39 is 0 Å². The number of anilines is 3. The van der Waals surface area contributed by atoms with Gasteiger partial charge in [-0.1, -0.05) is 158 Å². The highest BCUT2D eigenvalue weighted by Crippen LogP contribution is 2.47. The second kappa shape index (κ2) is 13.4. The van der Waals surface area contributed by atoms with Crippen LogP contribution < -0.4 is 4.90 Å². The van der Waals surface area contributed by atoms with Crippen molar-refractivity contribution >= 4 is 113 Å². The van der Waals surface area contributed by atoms with Crippen molar-refractivity contribution in [2.24, 2.45) is 0 Å². The molecule has 2 nitrogen and oxygen atoms in total. The summed E-state index contributed by atoms with van der Waals surface area (Å²) in [6, 6.07) is 80.7. The van der Waals surface area contributed by atoms with E-state index in [1.165, 1.54) is 102 Å². The first-order valence-electron chi connectivity index (χ1n) is 20.9. The van der Waals surface area contributed by atoms with Crippen LogP contribution in [0.4, 0.5) is 17.1 Å². The molecule has 61 heavy (non-hydrogen) atoms. The smallest absolute Gasteiger partial charge is 0.0619 e. The molecule has 0 amide bonds. The first-order chi connectivity index (χ1) is 30.2. The molecule has 0 saturated heterocycles. The molecule has 0 radical (unpaired) electrons. The molecule has 0 spiro atoms. The Bertz CT molecular complexity index is 3890. The monoisotopic (exact) mass is 792 g/mol. The molecule has 0 aliphatic heterocycles. The second-order valence-corrected chi connectivity index (χ2v) is 17.2. The Balaban J connectivity index is 1.12. The molecule has 13 rings (SSSR count). The zero-order valence-corrected chi connectivity index (χ0v) is 33.9. The average molecular weight is 793 g/mol. The van der Waals surface area contributed by atoms with Gasteiger partial charge in [-0.3, -0.25) is 0 Å². The first kappa shape index (κ1) is 34.2.